The van der Waals surface area contributed by atoms with E-state index in [0.29, 0.717) is 13.0 Å². The quantitative estimate of drug-likeness (QED) is 0.564. The van der Waals surface area contributed by atoms with Crippen LogP contribution in [-0.2, 0) is 9.59 Å². The van der Waals surface area contributed by atoms with Gasteiger partial charge in [-0.15, -0.1) is 0 Å². The highest BCUT2D eigenvalue weighted by Crippen LogP contribution is 2.37. The first-order chi connectivity index (χ1) is 8.66. The Morgan fingerprint density at radius 1 is 1.44 bits per heavy atom. The lowest BCUT2D eigenvalue weighted by Gasteiger charge is -2.20. The number of hydrogen-bond acceptors (Lipinski definition) is 2. The summed E-state index contributed by atoms with van der Waals surface area (Å²) in [5.41, 5.74) is 4.25. The molecule has 0 radical (unpaired) electrons. The smallest absolute Gasteiger partial charge is 0.254 e. The molecule has 0 aromatic heterocycles. The number of unbranched alkanes of at least 4 members (excludes halogenated alkanes) is 1. The first-order valence-electron chi connectivity index (χ1n) is 6.50. The fourth-order valence-corrected chi connectivity index (χ4v) is 2.60. The molecule has 0 unspecified atom stereocenters. The third-order valence-electron chi connectivity index (χ3n) is 3.38. The third kappa shape index (κ3) is 2.17. The number of carbonyl (C=O) groups excluding carboxylic acids is 2. The van der Waals surface area contributed by atoms with Crippen molar-refractivity contribution < 1.29 is 9.59 Å². The van der Waals surface area contributed by atoms with Crippen molar-refractivity contribution >= 4 is 12.2 Å². The maximum Gasteiger partial charge on any atom is 0.254 e. The van der Waals surface area contributed by atoms with Gasteiger partial charge in [0.15, 0.2) is 0 Å². The molecule has 1 amide bonds. The molecule has 0 saturated heterocycles. The second-order valence-electron chi connectivity index (χ2n) is 4.95. The second-order valence-corrected chi connectivity index (χ2v) is 4.95. The molecule has 3 heteroatoms. The lowest BCUT2D eigenvalue weighted by atomic mass is 9.97. The van der Waals surface area contributed by atoms with Gasteiger partial charge in [-0.1, -0.05) is 17.7 Å². The summed E-state index contributed by atoms with van der Waals surface area (Å²) in [5, 5.41) is 0. The fraction of sp³-hybridized carbons (Fsp3) is 0.467. The summed E-state index contributed by atoms with van der Waals surface area (Å²) >= 11 is 0. The Bertz CT molecular complexity index is 465. The zero-order valence-corrected chi connectivity index (χ0v) is 11.0. The highest BCUT2D eigenvalue weighted by atomic mass is 16.2. The molecule has 1 aliphatic heterocycles. The number of amides is 1. The maximum atomic E-state index is 12.4. The van der Waals surface area contributed by atoms with Crippen LogP contribution in [0.4, 0.5) is 0 Å². The first kappa shape index (κ1) is 12.8. The largest absolute Gasteiger partial charge is 0.308 e. The highest BCUT2D eigenvalue weighted by molar-refractivity contribution is 6.01. The van der Waals surface area contributed by atoms with Crippen LogP contribution in [0.3, 0.4) is 0 Å². The summed E-state index contributed by atoms with van der Waals surface area (Å²) in [5.74, 6) is 0.136. The van der Waals surface area contributed by atoms with E-state index in [1.54, 1.807) is 0 Å². The summed E-state index contributed by atoms with van der Waals surface area (Å²) in [6.07, 6.45) is 8.14. The fourth-order valence-electron chi connectivity index (χ4n) is 2.60. The van der Waals surface area contributed by atoms with Gasteiger partial charge in [-0.25, -0.2) is 0 Å². The van der Waals surface area contributed by atoms with E-state index < -0.39 is 0 Å². The van der Waals surface area contributed by atoms with Gasteiger partial charge in [0.1, 0.15) is 6.29 Å². The van der Waals surface area contributed by atoms with Crippen LogP contribution in [-0.4, -0.2) is 23.6 Å². The minimum atomic E-state index is 0.136. The molecule has 2 aliphatic rings. The average Bonchev–Trinajstić information content (AvgIpc) is 2.64. The SMILES string of the molecule is CC(C)=C1C2=C(CCC=C2)C(=O)N1CCCC=O. The summed E-state index contributed by atoms with van der Waals surface area (Å²) in [6, 6.07) is 0. The van der Waals surface area contributed by atoms with Gasteiger partial charge in [-0.05, 0) is 33.1 Å². The van der Waals surface area contributed by atoms with Gasteiger partial charge in [-0.3, -0.25) is 4.79 Å². The molecule has 0 N–H and O–H groups in total. The molecule has 0 atom stereocenters. The average molecular weight is 245 g/mol. The maximum absolute atomic E-state index is 12.4. The Labute approximate surface area is 108 Å². The van der Waals surface area contributed by atoms with Crippen molar-refractivity contribution in [2.24, 2.45) is 0 Å². The van der Waals surface area contributed by atoms with Crippen LogP contribution < -0.4 is 0 Å². The predicted molar refractivity (Wildman–Crippen MR) is 70.8 cm³/mol. The Balaban J connectivity index is 2.28. The van der Waals surface area contributed by atoms with Gasteiger partial charge in [0.25, 0.3) is 5.91 Å². The van der Waals surface area contributed by atoms with E-state index in [0.717, 1.165) is 48.0 Å². The van der Waals surface area contributed by atoms with Crippen LogP contribution in [0.1, 0.15) is 39.5 Å². The first-order valence-corrected chi connectivity index (χ1v) is 6.50. The van der Waals surface area contributed by atoms with E-state index in [1.165, 1.54) is 0 Å². The molecule has 1 aliphatic carbocycles. The molecule has 96 valence electrons. The third-order valence-corrected chi connectivity index (χ3v) is 3.38. The molecule has 0 spiro atoms. The zero-order valence-electron chi connectivity index (χ0n) is 11.0. The second kappa shape index (κ2) is 5.34. The van der Waals surface area contributed by atoms with Crippen LogP contribution in [0.15, 0.2) is 34.6 Å². The van der Waals surface area contributed by atoms with Crippen LogP contribution in [0.25, 0.3) is 0 Å². The normalized spacial score (nSPS) is 18.4. The minimum Gasteiger partial charge on any atom is -0.308 e. The van der Waals surface area contributed by atoms with Gasteiger partial charge in [0, 0.05) is 24.1 Å². The van der Waals surface area contributed by atoms with Crippen LogP contribution in [0.2, 0.25) is 0 Å². The molecule has 2 rings (SSSR count). The van der Waals surface area contributed by atoms with E-state index in [-0.39, 0.29) is 5.91 Å². The number of nitrogens with zero attached hydrogens (tertiary/aromatic N) is 1. The predicted octanol–water partition coefficient (Wildman–Crippen LogP) is 2.75. The molecule has 0 fully saturated rings. The molecule has 0 aromatic carbocycles. The van der Waals surface area contributed by atoms with Crippen molar-refractivity contribution in [3.05, 3.63) is 34.6 Å². The van der Waals surface area contributed by atoms with Gasteiger partial charge in [-0.2, -0.15) is 0 Å². The van der Waals surface area contributed by atoms with E-state index in [9.17, 15) is 9.59 Å². The summed E-state index contributed by atoms with van der Waals surface area (Å²) in [4.78, 5) is 24.6. The molecular weight excluding hydrogens is 226 g/mol. The highest BCUT2D eigenvalue weighted by Gasteiger charge is 2.34. The van der Waals surface area contributed by atoms with Crippen molar-refractivity contribution in [3.63, 3.8) is 0 Å². The molecule has 18 heavy (non-hydrogen) atoms. The number of rotatable bonds is 4. The molecular formula is C15H19NO2. The molecule has 0 bridgehead atoms. The van der Waals surface area contributed by atoms with Crippen molar-refractivity contribution in [1.29, 1.82) is 0 Å². The standard InChI is InChI=1S/C15H19NO2/c1-11(2)14-12-7-3-4-8-13(12)15(18)16(14)9-5-6-10-17/h3,7,10H,4-6,8-9H2,1-2H3. The van der Waals surface area contributed by atoms with Crippen LogP contribution in [0.5, 0.6) is 0 Å². The summed E-state index contributed by atoms with van der Waals surface area (Å²) < 4.78 is 0. The Hall–Kier alpha value is -1.64. The van der Waals surface area contributed by atoms with Crippen LogP contribution >= 0.6 is 0 Å². The van der Waals surface area contributed by atoms with E-state index in [4.69, 9.17) is 0 Å². The van der Waals surface area contributed by atoms with Crippen molar-refractivity contribution in [3.8, 4) is 0 Å². The van der Waals surface area contributed by atoms with Crippen molar-refractivity contribution in [2.45, 2.75) is 39.5 Å². The summed E-state index contributed by atoms with van der Waals surface area (Å²) in [6.45, 7) is 4.71. The van der Waals surface area contributed by atoms with E-state index in [1.807, 2.05) is 18.7 Å². The number of allylic oxidation sites excluding steroid dienone is 3. The van der Waals surface area contributed by atoms with Crippen LogP contribution in [0, 0.1) is 0 Å². The Morgan fingerprint density at radius 2 is 2.22 bits per heavy atom. The molecule has 0 saturated carbocycles. The van der Waals surface area contributed by atoms with Crippen molar-refractivity contribution in [2.75, 3.05) is 6.54 Å². The Kier molecular flexibility index (Phi) is 3.80. The molecule has 1 heterocycles. The summed E-state index contributed by atoms with van der Waals surface area (Å²) in [7, 11) is 0. The lowest BCUT2D eigenvalue weighted by Crippen LogP contribution is -2.27. The number of hydrogen-bond donors (Lipinski definition) is 0. The van der Waals surface area contributed by atoms with Gasteiger partial charge >= 0.3 is 0 Å². The van der Waals surface area contributed by atoms with E-state index in [2.05, 4.69) is 12.2 Å². The topological polar surface area (TPSA) is 37.4 Å². The minimum absolute atomic E-state index is 0.136. The van der Waals surface area contributed by atoms with Crippen molar-refractivity contribution in [1.82, 2.24) is 4.90 Å². The lowest BCUT2D eigenvalue weighted by molar-refractivity contribution is -0.124. The molecule has 3 nitrogen and oxygen atoms in total. The molecule has 0 aromatic rings. The van der Waals surface area contributed by atoms with E-state index >= 15 is 0 Å². The van der Waals surface area contributed by atoms with Gasteiger partial charge in [0.2, 0.25) is 0 Å². The van der Waals surface area contributed by atoms with Gasteiger partial charge < -0.3 is 9.69 Å². The Morgan fingerprint density at radius 3 is 2.89 bits per heavy atom. The zero-order chi connectivity index (χ0) is 13.1. The van der Waals surface area contributed by atoms with Gasteiger partial charge in [0.05, 0.1) is 5.70 Å². The number of carbonyl (C=O) groups is 2. The number of aldehydes is 1. The monoisotopic (exact) mass is 245 g/mol.